The van der Waals surface area contributed by atoms with E-state index in [1.807, 2.05) is 11.9 Å². The van der Waals surface area contributed by atoms with Crippen molar-refractivity contribution in [1.82, 2.24) is 4.90 Å². The van der Waals surface area contributed by atoms with Crippen LogP contribution in [-0.2, 0) is 31.8 Å². The molecule has 2 aliphatic heterocycles. The van der Waals surface area contributed by atoms with Gasteiger partial charge in [-0.3, -0.25) is 4.79 Å². The summed E-state index contributed by atoms with van der Waals surface area (Å²) in [5, 5.41) is 0. The largest absolute Gasteiger partial charge is 0.465 e. The van der Waals surface area contributed by atoms with Crippen molar-refractivity contribution in [3.8, 4) is 5.75 Å². The molecule has 6 heteroatoms. The molecule has 2 aromatic rings. The van der Waals surface area contributed by atoms with Crippen LogP contribution in [0.2, 0.25) is 0 Å². The third-order valence-electron chi connectivity index (χ3n) is 14.0. The summed E-state index contributed by atoms with van der Waals surface area (Å²) in [5.41, 5.74) is 6.15. The molecule has 0 bridgehead atoms. The lowest BCUT2D eigenvalue weighted by Crippen LogP contribution is -2.48. The van der Waals surface area contributed by atoms with E-state index in [1.54, 1.807) is 5.56 Å². The molecule has 0 aromatic heterocycles. The second kappa shape index (κ2) is 18.5. The Morgan fingerprint density at radius 2 is 1.60 bits per heavy atom. The van der Waals surface area contributed by atoms with Gasteiger partial charge in [-0.15, -0.1) is 0 Å². The molecule has 2 aromatic carbocycles. The molecule has 8 atom stereocenters. The smallest absolute Gasteiger partial charge is 0.222 e. The molecule has 2 heterocycles. The van der Waals surface area contributed by atoms with Crippen molar-refractivity contribution >= 4 is 5.91 Å². The van der Waals surface area contributed by atoms with Gasteiger partial charge in [-0.1, -0.05) is 69.9 Å². The van der Waals surface area contributed by atoms with Gasteiger partial charge < -0.3 is 23.8 Å². The van der Waals surface area contributed by atoms with Crippen LogP contribution in [0.3, 0.4) is 0 Å². The summed E-state index contributed by atoms with van der Waals surface area (Å²) in [5.74, 6) is 3.60. The predicted molar refractivity (Wildman–Crippen MR) is 212 cm³/mol. The van der Waals surface area contributed by atoms with Gasteiger partial charge in [0.2, 0.25) is 5.91 Å². The minimum atomic E-state index is -0.110. The van der Waals surface area contributed by atoms with Crippen molar-refractivity contribution in [3.63, 3.8) is 0 Å². The van der Waals surface area contributed by atoms with Crippen LogP contribution in [0.1, 0.15) is 164 Å². The molecule has 0 N–H and O–H groups in total. The zero-order valence-electron chi connectivity index (χ0n) is 33.3. The molecule has 2 unspecified atom stereocenters. The first-order valence-corrected chi connectivity index (χ1v) is 21.9. The molecule has 1 amide bonds. The Bertz CT molecular complexity index is 1450. The van der Waals surface area contributed by atoms with Gasteiger partial charge in [-0.2, -0.15) is 0 Å². The zero-order valence-corrected chi connectivity index (χ0v) is 33.3. The van der Waals surface area contributed by atoms with Gasteiger partial charge in [0, 0.05) is 33.0 Å². The number of carbonyl (C=O) groups excluding carboxylic acids is 1. The summed E-state index contributed by atoms with van der Waals surface area (Å²) < 4.78 is 25.4. The molecule has 292 valence electrons. The van der Waals surface area contributed by atoms with Crippen LogP contribution in [0.4, 0.5) is 0 Å². The third kappa shape index (κ3) is 9.35. The number of hydrogen-bond acceptors (Lipinski definition) is 5. The summed E-state index contributed by atoms with van der Waals surface area (Å²) in [6, 6.07) is 16.8. The molecular weight excluding hydrogens is 659 g/mol. The summed E-state index contributed by atoms with van der Waals surface area (Å²) in [6.07, 6.45) is 22.7. The number of fused-ring (bicyclic) bond motifs is 5. The first kappa shape index (κ1) is 38.8. The zero-order chi connectivity index (χ0) is 36.6. The van der Waals surface area contributed by atoms with E-state index in [2.05, 4.69) is 56.3 Å². The van der Waals surface area contributed by atoms with Crippen LogP contribution in [0, 0.1) is 17.3 Å². The number of carbonyl (C=O) groups is 1. The predicted octanol–water partition coefficient (Wildman–Crippen LogP) is 10.9. The average Bonchev–Trinajstić information content (AvgIpc) is 3.52. The normalized spacial score (nSPS) is 31.0. The highest BCUT2D eigenvalue weighted by Crippen LogP contribution is 2.66. The molecule has 2 saturated carbocycles. The number of aryl methyl sites for hydroxylation is 2. The summed E-state index contributed by atoms with van der Waals surface area (Å²) in [7, 11) is 1.95. The molecule has 3 aliphatic carbocycles. The number of hydrogen-bond donors (Lipinski definition) is 0. The fraction of sp³-hybridized carbons (Fsp3) is 0.723. The maximum atomic E-state index is 12.4. The number of rotatable bonds is 16. The van der Waals surface area contributed by atoms with E-state index >= 15 is 0 Å². The van der Waals surface area contributed by atoms with E-state index in [1.165, 1.54) is 68.1 Å². The third-order valence-corrected chi connectivity index (χ3v) is 14.0. The van der Waals surface area contributed by atoms with Crippen molar-refractivity contribution in [2.75, 3.05) is 26.8 Å². The van der Waals surface area contributed by atoms with Crippen LogP contribution >= 0.6 is 0 Å². The van der Waals surface area contributed by atoms with Crippen LogP contribution in [0.25, 0.3) is 0 Å². The molecule has 0 radical (unpaired) electrons. The standard InChI is InChI=1S/C47H69NO5/c1-4-5-29-48(3)43(49)16-10-8-6-7-9-15-34-19-21-35(22-20-34)40-33-47(2)41(27-28-42(47)53-45-18-12-14-31-51-45)39-25-23-36-32-37(24-26-38(36)46(39)40)52-44-17-11-13-30-50-44/h19-22,24,26,32,39-42,44-46H,4-18,23,25,27-31,33H2,1-3H3/t39-,40+,41-,42-,44?,45?,46+,47-/m0/s1. The number of ether oxygens (including phenoxy) is 4. The molecule has 4 fully saturated rings. The number of amides is 1. The van der Waals surface area contributed by atoms with Crippen LogP contribution in [0.5, 0.6) is 5.75 Å². The second-order valence-corrected chi connectivity index (χ2v) is 17.6. The topological polar surface area (TPSA) is 57.2 Å². The van der Waals surface area contributed by atoms with Crippen molar-refractivity contribution in [3.05, 3.63) is 64.7 Å². The lowest BCUT2D eigenvalue weighted by molar-refractivity contribution is -0.213. The van der Waals surface area contributed by atoms with E-state index in [9.17, 15) is 4.79 Å². The fourth-order valence-corrected chi connectivity index (χ4v) is 11.0. The highest BCUT2D eigenvalue weighted by atomic mass is 16.7. The summed E-state index contributed by atoms with van der Waals surface area (Å²) >= 11 is 0. The molecule has 6 nitrogen and oxygen atoms in total. The van der Waals surface area contributed by atoms with Gasteiger partial charge in [0.25, 0.3) is 0 Å². The Balaban J connectivity index is 1.02. The second-order valence-electron chi connectivity index (χ2n) is 17.6. The number of unbranched alkanes of at least 4 members (excludes halogenated alkanes) is 5. The summed E-state index contributed by atoms with van der Waals surface area (Å²) in [6.45, 7) is 7.29. The van der Waals surface area contributed by atoms with Gasteiger partial charge in [0.05, 0.1) is 12.7 Å². The van der Waals surface area contributed by atoms with Gasteiger partial charge in [0.15, 0.2) is 12.6 Å². The van der Waals surface area contributed by atoms with Crippen LogP contribution in [-0.4, -0.2) is 56.3 Å². The van der Waals surface area contributed by atoms with Gasteiger partial charge in [-0.05, 0) is 153 Å². The lowest BCUT2D eigenvalue weighted by atomic mass is 9.51. The Labute approximate surface area is 321 Å². The maximum absolute atomic E-state index is 12.4. The van der Waals surface area contributed by atoms with Gasteiger partial charge >= 0.3 is 0 Å². The molecule has 5 aliphatic rings. The van der Waals surface area contributed by atoms with Crippen LogP contribution < -0.4 is 4.74 Å². The maximum Gasteiger partial charge on any atom is 0.222 e. The van der Waals surface area contributed by atoms with Crippen molar-refractivity contribution in [2.45, 2.75) is 173 Å². The summed E-state index contributed by atoms with van der Waals surface area (Å²) in [4.78, 5) is 14.3. The molecule has 53 heavy (non-hydrogen) atoms. The SMILES string of the molecule is CCCCN(C)C(=O)CCCCCCCc1ccc([C@H]2C[C@]3(C)[C@@H](OC4CCCCO4)CC[C@H]3[C@@H]3CCc4cc(OC5CCCCO5)ccc4[C@H]32)cc1. The number of nitrogens with zero attached hydrogens (tertiary/aromatic N) is 1. The Morgan fingerprint density at radius 1 is 0.849 bits per heavy atom. The van der Waals surface area contributed by atoms with Crippen molar-refractivity contribution in [2.24, 2.45) is 17.3 Å². The van der Waals surface area contributed by atoms with Crippen LogP contribution in [0.15, 0.2) is 42.5 Å². The highest BCUT2D eigenvalue weighted by Gasteiger charge is 2.59. The first-order valence-electron chi connectivity index (χ1n) is 21.9. The van der Waals surface area contributed by atoms with Gasteiger partial charge in [0.1, 0.15) is 5.75 Å². The Hall–Kier alpha value is -2.41. The average molecular weight is 728 g/mol. The molecular formula is C47H69NO5. The van der Waals surface area contributed by atoms with E-state index < -0.39 is 0 Å². The van der Waals surface area contributed by atoms with Crippen molar-refractivity contribution in [1.29, 1.82) is 0 Å². The highest BCUT2D eigenvalue weighted by molar-refractivity contribution is 5.75. The lowest BCUT2D eigenvalue weighted by Gasteiger charge is -2.54. The molecule has 7 rings (SSSR count). The Morgan fingerprint density at radius 3 is 2.36 bits per heavy atom. The number of benzene rings is 2. The minimum Gasteiger partial charge on any atom is -0.465 e. The molecule has 0 spiro atoms. The first-order chi connectivity index (χ1) is 25.9. The monoisotopic (exact) mass is 728 g/mol. The van der Waals surface area contributed by atoms with E-state index in [0.717, 1.165) is 96.1 Å². The minimum absolute atomic E-state index is 0.0295. The Kier molecular flexibility index (Phi) is 13.5. The van der Waals surface area contributed by atoms with Gasteiger partial charge in [-0.25, -0.2) is 0 Å². The van der Waals surface area contributed by atoms with E-state index in [-0.39, 0.29) is 24.1 Å². The van der Waals surface area contributed by atoms with Crippen molar-refractivity contribution < 1.29 is 23.7 Å². The molecule has 2 saturated heterocycles. The van der Waals surface area contributed by atoms with E-state index in [4.69, 9.17) is 18.9 Å². The quantitative estimate of drug-likeness (QED) is 0.161. The fourth-order valence-electron chi connectivity index (χ4n) is 11.0. The van der Waals surface area contributed by atoms with E-state index in [0.29, 0.717) is 36.0 Å².